The van der Waals surface area contributed by atoms with Crippen molar-refractivity contribution in [2.75, 3.05) is 37.7 Å². The Morgan fingerprint density at radius 3 is 2.74 bits per heavy atom. The van der Waals surface area contributed by atoms with Crippen molar-refractivity contribution in [1.29, 1.82) is 0 Å². The van der Waals surface area contributed by atoms with Gasteiger partial charge < -0.3 is 14.5 Å². The number of carbonyl (C=O) groups is 1. The van der Waals surface area contributed by atoms with Gasteiger partial charge in [-0.15, -0.1) is 11.3 Å². The summed E-state index contributed by atoms with van der Waals surface area (Å²) in [5.41, 5.74) is 3.60. The minimum absolute atomic E-state index is 0.0108. The largest absolute Gasteiger partial charge is 0.482 e. The smallest absolute Gasteiger partial charge is 0.265 e. The van der Waals surface area contributed by atoms with Crippen LogP contribution in [0.25, 0.3) is 21.8 Å². The van der Waals surface area contributed by atoms with Crippen molar-refractivity contribution in [1.82, 2.24) is 9.88 Å². The zero-order valence-electron chi connectivity index (χ0n) is 17.2. The molecule has 0 unspecified atom stereocenters. The lowest BCUT2D eigenvalue weighted by Crippen LogP contribution is -2.44. The van der Waals surface area contributed by atoms with Gasteiger partial charge in [-0.05, 0) is 50.2 Å². The first-order valence-corrected chi connectivity index (χ1v) is 12.0. The van der Waals surface area contributed by atoms with E-state index < -0.39 is 0 Å². The number of fused-ring (bicyclic) bond motifs is 1. The summed E-state index contributed by atoms with van der Waals surface area (Å²) in [4.78, 5) is 21.8. The van der Waals surface area contributed by atoms with Crippen LogP contribution in [-0.2, 0) is 4.79 Å². The summed E-state index contributed by atoms with van der Waals surface area (Å²) in [6.45, 7) is 3.91. The van der Waals surface area contributed by atoms with Crippen molar-refractivity contribution in [3.8, 4) is 27.6 Å². The maximum atomic E-state index is 12.7. The van der Waals surface area contributed by atoms with Crippen LogP contribution in [0.4, 0.5) is 5.69 Å². The molecule has 0 radical (unpaired) electrons. The fourth-order valence-corrected chi connectivity index (χ4v) is 5.35. The average Bonchev–Trinajstić information content (AvgIpc) is 3.29. The van der Waals surface area contributed by atoms with Crippen molar-refractivity contribution in [3.63, 3.8) is 0 Å². The molecule has 1 saturated heterocycles. The van der Waals surface area contributed by atoms with Gasteiger partial charge in [-0.25, -0.2) is 4.98 Å². The zero-order valence-corrected chi connectivity index (χ0v) is 18.8. The molecule has 2 aliphatic rings. The second-order valence-corrected chi connectivity index (χ2v) is 9.20. The van der Waals surface area contributed by atoms with Crippen LogP contribution in [0.5, 0.6) is 5.75 Å². The first kappa shape index (κ1) is 20.5. The van der Waals surface area contributed by atoms with Gasteiger partial charge in [-0.1, -0.05) is 36.2 Å². The third-order valence-electron chi connectivity index (χ3n) is 5.89. The molecule has 0 N–H and O–H groups in total. The van der Waals surface area contributed by atoms with Gasteiger partial charge in [0.1, 0.15) is 10.8 Å². The van der Waals surface area contributed by atoms with Crippen LogP contribution in [0.1, 0.15) is 19.3 Å². The minimum Gasteiger partial charge on any atom is -0.482 e. The molecular formula is C24H24ClN3O2S. The van der Waals surface area contributed by atoms with Crippen LogP contribution in [0.3, 0.4) is 0 Å². The Hall–Kier alpha value is -2.41. The number of rotatable bonds is 5. The molecule has 0 bridgehead atoms. The highest BCUT2D eigenvalue weighted by molar-refractivity contribution is 7.13. The Morgan fingerprint density at radius 2 is 1.90 bits per heavy atom. The van der Waals surface area contributed by atoms with E-state index in [9.17, 15) is 4.79 Å². The summed E-state index contributed by atoms with van der Waals surface area (Å²) in [7, 11) is 0. The number of hydrogen-bond donors (Lipinski definition) is 0. The van der Waals surface area contributed by atoms with Crippen molar-refractivity contribution < 1.29 is 9.53 Å². The number of amides is 1. The summed E-state index contributed by atoms with van der Waals surface area (Å²) in [6.07, 6.45) is 3.80. The quantitative estimate of drug-likeness (QED) is 0.523. The Kier molecular flexibility index (Phi) is 5.94. The van der Waals surface area contributed by atoms with E-state index in [-0.39, 0.29) is 12.5 Å². The van der Waals surface area contributed by atoms with E-state index in [0.717, 1.165) is 52.9 Å². The highest BCUT2D eigenvalue weighted by Gasteiger charge is 2.27. The van der Waals surface area contributed by atoms with Crippen molar-refractivity contribution >= 4 is 34.5 Å². The molecule has 1 amide bonds. The van der Waals surface area contributed by atoms with Gasteiger partial charge in [0.15, 0.2) is 6.61 Å². The van der Waals surface area contributed by atoms with Crippen LogP contribution < -0.4 is 9.64 Å². The molecule has 0 spiro atoms. The molecule has 1 aromatic heterocycles. The molecular weight excluding hydrogens is 430 g/mol. The summed E-state index contributed by atoms with van der Waals surface area (Å²) in [6, 6.07) is 13.7. The summed E-state index contributed by atoms with van der Waals surface area (Å²) >= 11 is 7.91. The van der Waals surface area contributed by atoms with Crippen LogP contribution in [0.2, 0.25) is 5.02 Å². The average molecular weight is 454 g/mol. The lowest BCUT2D eigenvalue weighted by molar-refractivity contribution is -0.121. The van der Waals surface area contributed by atoms with Crippen LogP contribution in [0.15, 0.2) is 47.8 Å². The molecule has 3 heterocycles. The van der Waals surface area contributed by atoms with Crippen molar-refractivity contribution in [2.24, 2.45) is 0 Å². The van der Waals surface area contributed by atoms with E-state index in [0.29, 0.717) is 11.6 Å². The Morgan fingerprint density at radius 1 is 1.06 bits per heavy atom. The predicted octanol–water partition coefficient (Wildman–Crippen LogP) is 5.34. The third-order valence-corrected chi connectivity index (χ3v) is 7.10. The minimum atomic E-state index is 0.0108. The number of benzene rings is 2. The standard InChI is InChI=1S/C24H24ClN3O2S/c25-19-7-3-2-6-18(19)24-26-20(16-31-24)17-8-9-22-21(14-17)28(23(29)15-30-22)13-12-27-10-4-1-5-11-27/h2-3,6-9,14,16H,1,4-5,10-13,15H2. The molecule has 160 valence electrons. The van der Waals surface area contributed by atoms with Gasteiger partial charge in [0.2, 0.25) is 0 Å². The lowest BCUT2D eigenvalue weighted by atomic mass is 10.1. The Balaban J connectivity index is 1.40. The molecule has 2 aliphatic heterocycles. The first-order chi connectivity index (χ1) is 15.2. The lowest BCUT2D eigenvalue weighted by Gasteiger charge is -2.33. The zero-order chi connectivity index (χ0) is 21.2. The second-order valence-electron chi connectivity index (χ2n) is 7.94. The number of halogens is 1. The van der Waals surface area contributed by atoms with Crippen molar-refractivity contribution in [3.05, 3.63) is 52.9 Å². The number of aromatic nitrogens is 1. The second kappa shape index (κ2) is 8.99. The van der Waals surface area contributed by atoms with Gasteiger partial charge >= 0.3 is 0 Å². The molecule has 5 rings (SSSR count). The Labute approximate surface area is 191 Å². The van der Waals surface area contributed by atoms with E-state index >= 15 is 0 Å². The topological polar surface area (TPSA) is 45.7 Å². The monoisotopic (exact) mass is 453 g/mol. The van der Waals surface area contributed by atoms with E-state index in [4.69, 9.17) is 21.3 Å². The molecule has 0 atom stereocenters. The molecule has 1 fully saturated rings. The van der Waals surface area contributed by atoms with Gasteiger partial charge in [-0.3, -0.25) is 4.79 Å². The number of carbonyl (C=O) groups excluding carboxylic acids is 1. The normalized spacial score (nSPS) is 16.8. The van der Waals surface area contributed by atoms with Crippen LogP contribution in [-0.4, -0.2) is 48.6 Å². The van der Waals surface area contributed by atoms with Gasteiger partial charge in [0.05, 0.1) is 16.4 Å². The molecule has 31 heavy (non-hydrogen) atoms. The van der Waals surface area contributed by atoms with Crippen LogP contribution in [0, 0.1) is 0 Å². The molecule has 0 saturated carbocycles. The SMILES string of the molecule is O=C1COc2ccc(-c3csc(-c4ccccc4Cl)n3)cc2N1CCN1CCCCC1. The fourth-order valence-electron chi connectivity index (χ4n) is 4.20. The fraction of sp³-hybridized carbons (Fsp3) is 0.333. The molecule has 2 aromatic carbocycles. The van der Waals surface area contributed by atoms with E-state index in [1.165, 1.54) is 19.3 Å². The van der Waals surface area contributed by atoms with Gasteiger partial charge in [0, 0.05) is 29.6 Å². The van der Waals surface area contributed by atoms with E-state index in [1.807, 2.05) is 52.7 Å². The summed E-state index contributed by atoms with van der Waals surface area (Å²) < 4.78 is 5.70. The van der Waals surface area contributed by atoms with E-state index in [1.54, 1.807) is 11.3 Å². The van der Waals surface area contributed by atoms with Crippen molar-refractivity contribution in [2.45, 2.75) is 19.3 Å². The molecule has 0 aliphatic carbocycles. The highest BCUT2D eigenvalue weighted by atomic mass is 35.5. The maximum absolute atomic E-state index is 12.7. The van der Waals surface area contributed by atoms with Crippen LogP contribution >= 0.6 is 22.9 Å². The summed E-state index contributed by atoms with van der Waals surface area (Å²) in [5, 5.41) is 3.61. The number of likely N-dealkylation sites (tertiary alicyclic amines) is 1. The number of anilines is 1. The highest BCUT2D eigenvalue weighted by Crippen LogP contribution is 2.38. The van der Waals surface area contributed by atoms with Gasteiger partial charge in [0.25, 0.3) is 5.91 Å². The third kappa shape index (κ3) is 4.33. The molecule has 7 heteroatoms. The molecule has 3 aromatic rings. The summed E-state index contributed by atoms with van der Waals surface area (Å²) in [5.74, 6) is 0.764. The predicted molar refractivity (Wildman–Crippen MR) is 126 cm³/mol. The number of ether oxygens (including phenoxy) is 1. The number of hydrogen-bond acceptors (Lipinski definition) is 5. The maximum Gasteiger partial charge on any atom is 0.265 e. The first-order valence-electron chi connectivity index (χ1n) is 10.7. The van der Waals surface area contributed by atoms with Gasteiger partial charge in [-0.2, -0.15) is 0 Å². The number of thiazole rings is 1. The number of nitrogens with zero attached hydrogens (tertiary/aromatic N) is 3. The number of piperidine rings is 1. The Bertz CT molecular complexity index is 1090. The molecule has 5 nitrogen and oxygen atoms in total. The van der Waals surface area contributed by atoms with E-state index in [2.05, 4.69) is 4.90 Å².